The molecule has 4 rings (SSSR count). The van der Waals surface area contributed by atoms with Crippen molar-refractivity contribution in [3.8, 4) is 5.75 Å². The van der Waals surface area contributed by atoms with Crippen molar-refractivity contribution in [3.63, 3.8) is 0 Å². The van der Waals surface area contributed by atoms with E-state index in [-0.39, 0.29) is 17.7 Å². The molecule has 0 saturated heterocycles. The van der Waals surface area contributed by atoms with Gasteiger partial charge in [0.05, 0.1) is 13.2 Å². The lowest BCUT2D eigenvalue weighted by Crippen LogP contribution is -2.15. The summed E-state index contributed by atoms with van der Waals surface area (Å²) in [5, 5.41) is 0. The smallest absolute Gasteiger partial charge is 0.166 e. The van der Waals surface area contributed by atoms with Gasteiger partial charge in [0, 0.05) is 12.7 Å². The molecule has 2 aliphatic rings. The number of ether oxygens (including phenoxy) is 2. The number of benzene rings is 2. The Hall–Kier alpha value is -2.27. The molecule has 178 valence electrons. The predicted molar refractivity (Wildman–Crippen MR) is 125 cm³/mol. The first-order chi connectivity index (χ1) is 16.0. The summed E-state index contributed by atoms with van der Waals surface area (Å²) >= 11 is 0. The second-order valence-electron chi connectivity index (χ2n) is 9.41. The van der Waals surface area contributed by atoms with Gasteiger partial charge in [-0.1, -0.05) is 24.3 Å². The second-order valence-corrected chi connectivity index (χ2v) is 9.41. The lowest BCUT2D eigenvalue weighted by Gasteiger charge is -2.29. The maximum absolute atomic E-state index is 14.8. The molecule has 0 radical (unpaired) electrons. The summed E-state index contributed by atoms with van der Waals surface area (Å²) in [5.41, 5.74) is 2.74. The van der Waals surface area contributed by atoms with E-state index in [9.17, 15) is 13.2 Å². The number of methoxy groups -OCH3 is 2. The average molecular weight is 459 g/mol. The van der Waals surface area contributed by atoms with Crippen LogP contribution in [0.3, 0.4) is 0 Å². The van der Waals surface area contributed by atoms with Gasteiger partial charge in [-0.05, 0) is 98.5 Å². The van der Waals surface area contributed by atoms with Crippen LogP contribution in [-0.4, -0.2) is 20.3 Å². The molecule has 33 heavy (non-hydrogen) atoms. The fourth-order valence-electron chi connectivity index (χ4n) is 5.38. The van der Waals surface area contributed by atoms with Crippen LogP contribution >= 0.6 is 0 Å². The van der Waals surface area contributed by atoms with Crippen LogP contribution in [0.2, 0.25) is 0 Å². The molecule has 5 heteroatoms. The van der Waals surface area contributed by atoms with Gasteiger partial charge in [-0.25, -0.2) is 13.2 Å². The molecule has 2 aromatic carbocycles. The van der Waals surface area contributed by atoms with Gasteiger partial charge in [0.25, 0.3) is 0 Å². The third-order valence-electron chi connectivity index (χ3n) is 7.52. The summed E-state index contributed by atoms with van der Waals surface area (Å²) in [6, 6.07) is 8.71. The number of halogens is 3. The molecule has 0 aliphatic heterocycles. The normalized spacial score (nSPS) is 23.3. The zero-order valence-corrected chi connectivity index (χ0v) is 19.5. The van der Waals surface area contributed by atoms with Gasteiger partial charge in [0.15, 0.2) is 23.2 Å². The minimum Gasteiger partial charge on any atom is -0.494 e. The molecular formula is C28H33F3O2. The van der Waals surface area contributed by atoms with Crippen molar-refractivity contribution in [1.82, 2.24) is 0 Å². The van der Waals surface area contributed by atoms with Crippen LogP contribution in [0.4, 0.5) is 13.2 Å². The van der Waals surface area contributed by atoms with Gasteiger partial charge in [-0.15, -0.1) is 0 Å². The highest BCUT2D eigenvalue weighted by Crippen LogP contribution is 2.39. The lowest BCUT2D eigenvalue weighted by atomic mass is 9.77. The molecule has 1 saturated carbocycles. The number of aryl methyl sites for hydroxylation is 1. The summed E-state index contributed by atoms with van der Waals surface area (Å²) in [7, 11) is 3.15. The first kappa shape index (κ1) is 23.9. The summed E-state index contributed by atoms with van der Waals surface area (Å²) in [6.07, 6.45) is 9.82. The van der Waals surface area contributed by atoms with Crippen molar-refractivity contribution >= 4 is 5.57 Å². The fourth-order valence-corrected chi connectivity index (χ4v) is 5.38. The number of rotatable bonds is 7. The highest BCUT2D eigenvalue weighted by atomic mass is 19.2. The number of allylic oxidation sites excluding steroid dienone is 1. The van der Waals surface area contributed by atoms with Crippen LogP contribution < -0.4 is 4.74 Å². The van der Waals surface area contributed by atoms with E-state index in [1.54, 1.807) is 31.4 Å². The van der Waals surface area contributed by atoms with Crippen molar-refractivity contribution < 1.29 is 22.6 Å². The van der Waals surface area contributed by atoms with Gasteiger partial charge in [0.2, 0.25) is 0 Å². The molecule has 0 aromatic heterocycles. The molecule has 2 aliphatic carbocycles. The van der Waals surface area contributed by atoms with Crippen molar-refractivity contribution in [3.05, 3.63) is 70.5 Å². The van der Waals surface area contributed by atoms with E-state index in [2.05, 4.69) is 0 Å². The Labute approximate surface area is 194 Å². The van der Waals surface area contributed by atoms with Crippen LogP contribution in [0, 0.1) is 23.4 Å². The van der Waals surface area contributed by atoms with Gasteiger partial charge >= 0.3 is 0 Å². The second kappa shape index (κ2) is 10.8. The molecule has 0 spiro atoms. The van der Waals surface area contributed by atoms with E-state index in [0.717, 1.165) is 56.1 Å². The van der Waals surface area contributed by atoms with Crippen molar-refractivity contribution in [1.29, 1.82) is 0 Å². The first-order valence-corrected chi connectivity index (χ1v) is 12.0. The van der Waals surface area contributed by atoms with E-state index in [1.807, 2.05) is 12.1 Å². The van der Waals surface area contributed by atoms with Gasteiger partial charge < -0.3 is 9.47 Å². The van der Waals surface area contributed by atoms with Gasteiger partial charge in [0.1, 0.15) is 0 Å². The summed E-state index contributed by atoms with van der Waals surface area (Å²) in [4.78, 5) is 0. The van der Waals surface area contributed by atoms with Gasteiger partial charge in [-0.2, -0.15) is 0 Å². The van der Waals surface area contributed by atoms with Crippen LogP contribution in [0.5, 0.6) is 5.75 Å². The lowest BCUT2D eigenvalue weighted by molar-refractivity contribution is 0.0964. The monoisotopic (exact) mass is 458 g/mol. The maximum atomic E-state index is 14.8. The van der Waals surface area contributed by atoms with Crippen LogP contribution in [-0.2, 0) is 11.2 Å². The Bertz CT molecular complexity index is 993. The van der Waals surface area contributed by atoms with Crippen LogP contribution in [0.25, 0.3) is 5.57 Å². The molecule has 1 unspecified atom stereocenters. The predicted octanol–water partition coefficient (Wildman–Crippen LogP) is 7.60. The molecule has 1 atom stereocenters. The van der Waals surface area contributed by atoms with Crippen molar-refractivity contribution in [2.24, 2.45) is 5.92 Å². The average Bonchev–Trinajstić information content (AvgIpc) is 2.85. The van der Waals surface area contributed by atoms with Crippen molar-refractivity contribution in [2.45, 2.75) is 69.8 Å². The highest BCUT2D eigenvalue weighted by Gasteiger charge is 2.25. The molecule has 0 N–H and O–H groups in total. The minimum absolute atomic E-state index is 0.166. The highest BCUT2D eigenvalue weighted by molar-refractivity contribution is 5.67. The SMILES string of the molecule is COc1ccc(C2CCC(CCc3ccc(C4=CCC(OC)CC4)c(F)c3F)CC2)cc1F. The van der Waals surface area contributed by atoms with Crippen LogP contribution in [0.1, 0.15) is 74.0 Å². The molecule has 0 bridgehead atoms. The Morgan fingerprint density at radius 3 is 2.33 bits per heavy atom. The van der Waals surface area contributed by atoms with E-state index in [0.29, 0.717) is 35.8 Å². The zero-order valence-electron chi connectivity index (χ0n) is 19.5. The number of hydrogen-bond donors (Lipinski definition) is 0. The molecule has 2 aromatic rings. The molecule has 0 amide bonds. The maximum Gasteiger partial charge on any atom is 0.166 e. The third-order valence-corrected chi connectivity index (χ3v) is 7.52. The molecular weight excluding hydrogens is 425 g/mol. The summed E-state index contributed by atoms with van der Waals surface area (Å²) < 4.78 is 54.1. The quantitative estimate of drug-likeness (QED) is 0.425. The minimum atomic E-state index is -0.722. The molecule has 2 nitrogen and oxygen atoms in total. The molecule has 0 heterocycles. The largest absolute Gasteiger partial charge is 0.494 e. The standard InChI is InChI=1S/C28H33F3O2/c1-32-23-13-9-20(10-14-23)24-15-11-21(27(30)28(24)31)8-5-18-3-6-19(7-4-18)22-12-16-26(33-2)25(29)17-22/h9,11-12,15-19,23H,3-8,10,13-14H2,1-2H3. The third kappa shape index (κ3) is 5.46. The van der Waals surface area contributed by atoms with Crippen molar-refractivity contribution in [2.75, 3.05) is 14.2 Å². The van der Waals surface area contributed by atoms with Crippen LogP contribution in [0.15, 0.2) is 36.4 Å². The summed E-state index contributed by atoms with van der Waals surface area (Å²) in [5.74, 6) is -0.646. The van der Waals surface area contributed by atoms with E-state index in [1.165, 1.54) is 7.11 Å². The van der Waals surface area contributed by atoms with Gasteiger partial charge in [-0.3, -0.25) is 0 Å². The number of hydrogen-bond acceptors (Lipinski definition) is 2. The Morgan fingerprint density at radius 1 is 0.909 bits per heavy atom. The fraction of sp³-hybridized carbons (Fsp3) is 0.500. The Kier molecular flexibility index (Phi) is 7.79. The van der Waals surface area contributed by atoms with E-state index < -0.39 is 11.6 Å². The molecule has 1 fully saturated rings. The topological polar surface area (TPSA) is 18.5 Å². The Balaban J connectivity index is 1.32. The Morgan fingerprint density at radius 2 is 1.70 bits per heavy atom. The van der Waals surface area contributed by atoms with E-state index >= 15 is 0 Å². The van der Waals surface area contributed by atoms with E-state index in [4.69, 9.17) is 9.47 Å². The zero-order chi connectivity index (χ0) is 23.4. The first-order valence-electron chi connectivity index (χ1n) is 12.0. The summed E-state index contributed by atoms with van der Waals surface area (Å²) in [6.45, 7) is 0.